The van der Waals surface area contributed by atoms with Crippen LogP contribution in [0, 0.1) is 6.92 Å². The first kappa shape index (κ1) is 17.7. The van der Waals surface area contributed by atoms with Crippen LogP contribution >= 0.6 is 0 Å². The Balaban J connectivity index is 1.72. The Hall–Kier alpha value is -3.67. The van der Waals surface area contributed by atoms with Gasteiger partial charge in [0.2, 0.25) is 0 Å². The Kier molecular flexibility index (Phi) is 4.76. The average molecular weight is 372 g/mol. The number of aryl methyl sites for hydroxylation is 1. The van der Waals surface area contributed by atoms with Crippen LogP contribution in [-0.2, 0) is 6.54 Å². The summed E-state index contributed by atoms with van der Waals surface area (Å²) in [6, 6.07) is 17.2. The first-order valence-electron chi connectivity index (χ1n) is 8.98. The van der Waals surface area contributed by atoms with Crippen molar-refractivity contribution in [3.63, 3.8) is 0 Å². The van der Waals surface area contributed by atoms with Crippen LogP contribution in [0.1, 0.15) is 21.7 Å². The van der Waals surface area contributed by atoms with E-state index < -0.39 is 0 Å². The normalized spacial score (nSPS) is 10.8. The number of para-hydroxylation sites is 1. The Morgan fingerprint density at radius 2 is 1.93 bits per heavy atom. The van der Waals surface area contributed by atoms with Gasteiger partial charge < -0.3 is 9.32 Å². The molecule has 1 aromatic carbocycles. The number of nitrogens with zero attached hydrogens (tertiary/aromatic N) is 4. The molecule has 3 aromatic heterocycles. The molecule has 0 bridgehead atoms. The van der Waals surface area contributed by atoms with Gasteiger partial charge in [0.15, 0.2) is 5.76 Å². The molecule has 0 aliphatic rings. The van der Waals surface area contributed by atoms with Crippen molar-refractivity contribution in [1.29, 1.82) is 0 Å². The summed E-state index contributed by atoms with van der Waals surface area (Å²) in [5.41, 5.74) is 2.86. The fourth-order valence-electron chi connectivity index (χ4n) is 3.03. The highest BCUT2D eigenvalue weighted by molar-refractivity contribution is 5.99. The van der Waals surface area contributed by atoms with Crippen molar-refractivity contribution < 1.29 is 9.21 Å². The van der Waals surface area contributed by atoms with E-state index in [1.807, 2.05) is 61.5 Å². The summed E-state index contributed by atoms with van der Waals surface area (Å²) in [6.45, 7) is 2.33. The Morgan fingerprint density at radius 1 is 1.11 bits per heavy atom. The van der Waals surface area contributed by atoms with Crippen LogP contribution in [0.15, 0.2) is 77.6 Å². The van der Waals surface area contributed by atoms with E-state index in [1.54, 1.807) is 35.2 Å². The summed E-state index contributed by atoms with van der Waals surface area (Å²) in [5, 5.41) is 4.64. The third-order valence-corrected chi connectivity index (χ3v) is 4.43. The summed E-state index contributed by atoms with van der Waals surface area (Å²) in [5.74, 6) is 1.21. The van der Waals surface area contributed by atoms with Crippen LogP contribution in [0.3, 0.4) is 0 Å². The van der Waals surface area contributed by atoms with E-state index in [4.69, 9.17) is 4.42 Å². The summed E-state index contributed by atoms with van der Waals surface area (Å²) < 4.78 is 7.46. The number of carbonyl (C=O) groups is 1. The van der Waals surface area contributed by atoms with Gasteiger partial charge in [-0.3, -0.25) is 9.78 Å². The summed E-state index contributed by atoms with van der Waals surface area (Å²) in [6.07, 6.45) is 5.23. The third-order valence-electron chi connectivity index (χ3n) is 4.43. The molecule has 6 heteroatoms. The quantitative estimate of drug-likeness (QED) is 0.529. The van der Waals surface area contributed by atoms with E-state index in [0.29, 0.717) is 23.6 Å². The largest absolute Gasteiger partial charge is 0.460 e. The molecule has 140 valence electrons. The zero-order chi connectivity index (χ0) is 19.5. The standard InChI is InChI=1S/C22H20N4O2/c1-16-10-11-20(28-16)21-19(15-26(24-21)18-8-4-3-5-9-18)22(27)25(2)14-17-7-6-12-23-13-17/h3-13,15H,14H2,1-2H3. The lowest BCUT2D eigenvalue weighted by Gasteiger charge is -2.16. The molecule has 4 rings (SSSR count). The highest BCUT2D eigenvalue weighted by Gasteiger charge is 2.23. The molecule has 0 atom stereocenters. The molecule has 0 saturated heterocycles. The molecule has 0 aliphatic carbocycles. The van der Waals surface area contributed by atoms with E-state index in [2.05, 4.69) is 10.1 Å². The van der Waals surface area contributed by atoms with Gasteiger partial charge in [-0.05, 0) is 42.8 Å². The maximum atomic E-state index is 13.2. The molecule has 0 aliphatic heterocycles. The maximum absolute atomic E-state index is 13.2. The second-order valence-electron chi connectivity index (χ2n) is 6.60. The number of benzene rings is 1. The third kappa shape index (κ3) is 3.57. The lowest BCUT2D eigenvalue weighted by Crippen LogP contribution is -2.26. The molecule has 0 N–H and O–H groups in total. The van der Waals surface area contributed by atoms with Crippen LogP contribution in [0.4, 0.5) is 0 Å². The highest BCUT2D eigenvalue weighted by atomic mass is 16.3. The van der Waals surface area contributed by atoms with Crippen molar-refractivity contribution in [2.24, 2.45) is 0 Å². The van der Waals surface area contributed by atoms with E-state index in [0.717, 1.165) is 17.0 Å². The molecule has 1 amide bonds. The fraction of sp³-hybridized carbons (Fsp3) is 0.136. The molecule has 0 unspecified atom stereocenters. The van der Waals surface area contributed by atoms with Crippen LogP contribution in [0.5, 0.6) is 0 Å². The van der Waals surface area contributed by atoms with E-state index in [1.165, 1.54) is 0 Å². The lowest BCUT2D eigenvalue weighted by molar-refractivity contribution is 0.0785. The van der Waals surface area contributed by atoms with Crippen molar-refractivity contribution in [2.45, 2.75) is 13.5 Å². The fourth-order valence-corrected chi connectivity index (χ4v) is 3.03. The predicted octanol–water partition coefficient (Wildman–Crippen LogP) is 4.11. The minimum atomic E-state index is -0.130. The van der Waals surface area contributed by atoms with Gasteiger partial charge in [-0.2, -0.15) is 5.10 Å². The second-order valence-corrected chi connectivity index (χ2v) is 6.60. The number of furan rings is 1. The zero-order valence-corrected chi connectivity index (χ0v) is 15.7. The number of amides is 1. The smallest absolute Gasteiger partial charge is 0.257 e. The molecular weight excluding hydrogens is 352 g/mol. The van der Waals surface area contributed by atoms with Crippen molar-refractivity contribution in [3.05, 3.63) is 90.1 Å². The summed E-state index contributed by atoms with van der Waals surface area (Å²) >= 11 is 0. The zero-order valence-electron chi connectivity index (χ0n) is 15.7. The predicted molar refractivity (Wildman–Crippen MR) is 106 cm³/mol. The number of aromatic nitrogens is 3. The van der Waals surface area contributed by atoms with E-state index in [-0.39, 0.29) is 5.91 Å². The lowest BCUT2D eigenvalue weighted by atomic mass is 10.1. The average Bonchev–Trinajstić information content (AvgIpc) is 3.35. The van der Waals surface area contributed by atoms with Gasteiger partial charge in [0.1, 0.15) is 11.5 Å². The first-order chi connectivity index (χ1) is 13.6. The van der Waals surface area contributed by atoms with Gasteiger partial charge in [-0.15, -0.1) is 0 Å². The maximum Gasteiger partial charge on any atom is 0.257 e. The molecule has 28 heavy (non-hydrogen) atoms. The van der Waals surface area contributed by atoms with Crippen LogP contribution in [0.2, 0.25) is 0 Å². The molecular formula is C22H20N4O2. The molecule has 4 aromatic rings. The minimum absolute atomic E-state index is 0.130. The topological polar surface area (TPSA) is 64.2 Å². The van der Waals surface area contributed by atoms with Crippen molar-refractivity contribution in [3.8, 4) is 17.1 Å². The molecule has 0 spiro atoms. The van der Waals surface area contributed by atoms with Gasteiger partial charge in [0.25, 0.3) is 5.91 Å². The molecule has 0 saturated carbocycles. The summed E-state index contributed by atoms with van der Waals surface area (Å²) in [4.78, 5) is 19.0. The monoisotopic (exact) mass is 372 g/mol. The van der Waals surface area contributed by atoms with Crippen LogP contribution < -0.4 is 0 Å². The summed E-state index contributed by atoms with van der Waals surface area (Å²) in [7, 11) is 1.77. The number of rotatable bonds is 5. The van der Waals surface area contributed by atoms with Gasteiger partial charge in [-0.25, -0.2) is 4.68 Å². The number of pyridine rings is 1. The van der Waals surface area contributed by atoms with Gasteiger partial charge in [0.05, 0.1) is 11.3 Å². The first-order valence-corrected chi connectivity index (χ1v) is 8.98. The SMILES string of the molecule is Cc1ccc(-c2nn(-c3ccccc3)cc2C(=O)N(C)Cc2cccnc2)o1. The van der Waals surface area contributed by atoms with Gasteiger partial charge >= 0.3 is 0 Å². The molecule has 0 fully saturated rings. The molecule has 0 radical (unpaired) electrons. The van der Waals surface area contributed by atoms with Gasteiger partial charge in [-0.1, -0.05) is 24.3 Å². The van der Waals surface area contributed by atoms with Crippen molar-refractivity contribution in [2.75, 3.05) is 7.05 Å². The number of carbonyl (C=O) groups excluding carboxylic acids is 1. The van der Waals surface area contributed by atoms with Gasteiger partial charge in [0, 0.05) is 32.2 Å². The molecule has 6 nitrogen and oxygen atoms in total. The minimum Gasteiger partial charge on any atom is -0.460 e. The van der Waals surface area contributed by atoms with E-state index in [9.17, 15) is 4.79 Å². The highest BCUT2D eigenvalue weighted by Crippen LogP contribution is 2.27. The van der Waals surface area contributed by atoms with Crippen LogP contribution in [0.25, 0.3) is 17.1 Å². The Labute approximate surface area is 163 Å². The second kappa shape index (κ2) is 7.52. The Bertz CT molecular complexity index is 1080. The Morgan fingerprint density at radius 3 is 2.61 bits per heavy atom. The van der Waals surface area contributed by atoms with E-state index >= 15 is 0 Å². The number of hydrogen-bond acceptors (Lipinski definition) is 4. The van der Waals surface area contributed by atoms with Crippen LogP contribution in [-0.4, -0.2) is 32.6 Å². The molecule has 3 heterocycles. The number of hydrogen-bond donors (Lipinski definition) is 0. The van der Waals surface area contributed by atoms with Crippen molar-refractivity contribution >= 4 is 5.91 Å². The van der Waals surface area contributed by atoms with Crippen molar-refractivity contribution in [1.82, 2.24) is 19.7 Å².